The highest BCUT2D eigenvalue weighted by Crippen LogP contribution is 2.45. The lowest BCUT2D eigenvalue weighted by molar-refractivity contribution is -0.147. The Kier molecular flexibility index (Phi) is 4.60. The molecule has 24 heavy (non-hydrogen) atoms. The molecule has 1 unspecified atom stereocenters. The first kappa shape index (κ1) is 17.3. The molecule has 1 saturated carbocycles. The van der Waals surface area contributed by atoms with Crippen molar-refractivity contribution in [3.8, 4) is 0 Å². The predicted molar refractivity (Wildman–Crippen MR) is 95.0 cm³/mol. The average Bonchev–Trinajstić information content (AvgIpc) is 2.92. The molecule has 130 valence electrons. The lowest BCUT2D eigenvalue weighted by Gasteiger charge is -2.43. The summed E-state index contributed by atoms with van der Waals surface area (Å²) in [5.74, 6) is -0.832. The van der Waals surface area contributed by atoms with Crippen LogP contribution in [0.15, 0.2) is 28.7 Å². The van der Waals surface area contributed by atoms with E-state index < -0.39 is 11.4 Å². The van der Waals surface area contributed by atoms with Gasteiger partial charge in [0.05, 0.1) is 5.41 Å². The van der Waals surface area contributed by atoms with E-state index in [4.69, 9.17) is 0 Å². The lowest BCUT2D eigenvalue weighted by atomic mass is 9.64. The van der Waals surface area contributed by atoms with Gasteiger partial charge in [0.25, 0.3) is 0 Å². The Balaban J connectivity index is 1.64. The Morgan fingerprint density at radius 3 is 2.54 bits per heavy atom. The maximum atomic E-state index is 12.5. The van der Waals surface area contributed by atoms with Gasteiger partial charge in [-0.05, 0) is 37.8 Å². The summed E-state index contributed by atoms with van der Waals surface area (Å²) in [6, 6.07) is 8.03. The zero-order chi connectivity index (χ0) is 17.4. The Morgan fingerprint density at radius 1 is 1.29 bits per heavy atom. The fourth-order valence-corrected chi connectivity index (χ4v) is 4.41. The minimum atomic E-state index is -0.832. The minimum absolute atomic E-state index is 0.00835. The van der Waals surface area contributed by atoms with Gasteiger partial charge in [0.2, 0.25) is 0 Å². The van der Waals surface area contributed by atoms with Crippen molar-refractivity contribution in [2.75, 3.05) is 19.6 Å². The van der Waals surface area contributed by atoms with Crippen LogP contribution in [0.3, 0.4) is 0 Å². The number of rotatable bonds is 4. The molecule has 0 bridgehead atoms. The van der Waals surface area contributed by atoms with Crippen molar-refractivity contribution in [2.45, 2.75) is 38.0 Å². The van der Waals surface area contributed by atoms with Crippen LogP contribution < -0.4 is 5.32 Å². The molecule has 0 radical (unpaired) electrons. The average molecular weight is 395 g/mol. The molecule has 1 aliphatic heterocycles. The summed E-state index contributed by atoms with van der Waals surface area (Å²) in [6.45, 7) is 3.07. The van der Waals surface area contributed by atoms with Crippen molar-refractivity contribution >= 4 is 27.9 Å². The second kappa shape index (κ2) is 6.39. The highest BCUT2D eigenvalue weighted by atomic mass is 79.9. The van der Waals surface area contributed by atoms with Gasteiger partial charge in [-0.1, -0.05) is 40.5 Å². The molecule has 1 heterocycles. The Hall–Kier alpha value is -1.56. The van der Waals surface area contributed by atoms with E-state index in [0.717, 1.165) is 23.7 Å². The Bertz CT molecular complexity index is 659. The molecule has 2 N–H and O–H groups in total. The van der Waals surface area contributed by atoms with Gasteiger partial charge in [0, 0.05) is 29.5 Å². The summed E-state index contributed by atoms with van der Waals surface area (Å²) >= 11 is 3.62. The van der Waals surface area contributed by atoms with Crippen LogP contribution in [0.4, 0.5) is 4.79 Å². The standard InChI is InChI=1S/C18H23BrN2O3/c1-17(15(22)23)9-10-21(12-17)16(24)20-11-18(7-4-8-18)13-5-2-3-6-14(13)19/h2-3,5-6H,4,7-12H2,1H3,(H,20,24)(H,22,23). The van der Waals surface area contributed by atoms with Gasteiger partial charge in [0.1, 0.15) is 0 Å². The van der Waals surface area contributed by atoms with Crippen molar-refractivity contribution in [1.29, 1.82) is 0 Å². The number of benzene rings is 1. The van der Waals surface area contributed by atoms with Crippen molar-refractivity contribution in [1.82, 2.24) is 10.2 Å². The number of nitrogens with one attached hydrogen (secondary N) is 1. The first-order valence-corrected chi connectivity index (χ1v) is 9.17. The highest BCUT2D eigenvalue weighted by molar-refractivity contribution is 9.10. The lowest BCUT2D eigenvalue weighted by Crippen LogP contribution is -2.49. The molecular formula is C18H23BrN2O3. The topological polar surface area (TPSA) is 69.6 Å². The third-order valence-corrected chi connectivity index (χ3v) is 6.30. The maximum absolute atomic E-state index is 12.5. The summed E-state index contributed by atoms with van der Waals surface area (Å²) in [5.41, 5.74) is 0.410. The van der Waals surface area contributed by atoms with Crippen LogP contribution in [0.1, 0.15) is 38.2 Å². The molecule has 2 amide bonds. The zero-order valence-corrected chi connectivity index (χ0v) is 15.4. The van der Waals surface area contributed by atoms with Crippen molar-refractivity contribution in [2.24, 2.45) is 5.41 Å². The summed E-state index contributed by atoms with van der Waals surface area (Å²) in [7, 11) is 0. The minimum Gasteiger partial charge on any atom is -0.481 e. The van der Waals surface area contributed by atoms with Crippen molar-refractivity contribution in [3.63, 3.8) is 0 Å². The molecule has 0 spiro atoms. The molecule has 2 fully saturated rings. The number of carbonyl (C=O) groups is 2. The summed E-state index contributed by atoms with van der Waals surface area (Å²) < 4.78 is 1.08. The molecule has 6 heteroatoms. The van der Waals surface area contributed by atoms with E-state index in [1.54, 1.807) is 11.8 Å². The van der Waals surface area contributed by atoms with E-state index >= 15 is 0 Å². The van der Waals surface area contributed by atoms with Gasteiger partial charge in [0.15, 0.2) is 0 Å². The number of carbonyl (C=O) groups excluding carboxylic acids is 1. The molecule has 1 saturated heterocycles. The molecule has 5 nitrogen and oxygen atoms in total. The van der Waals surface area contributed by atoms with Crippen LogP contribution in [0, 0.1) is 5.41 Å². The first-order valence-electron chi connectivity index (χ1n) is 8.38. The first-order chi connectivity index (χ1) is 11.4. The maximum Gasteiger partial charge on any atom is 0.317 e. The Labute approximate surface area is 150 Å². The fourth-order valence-electron chi connectivity index (χ4n) is 3.70. The smallest absolute Gasteiger partial charge is 0.317 e. The zero-order valence-electron chi connectivity index (χ0n) is 13.8. The second-order valence-corrected chi connectivity index (χ2v) is 8.16. The molecule has 1 aliphatic carbocycles. The Morgan fingerprint density at radius 2 is 2.00 bits per heavy atom. The summed E-state index contributed by atoms with van der Waals surface area (Å²) in [4.78, 5) is 25.4. The molecule has 1 aromatic rings. The quantitative estimate of drug-likeness (QED) is 0.821. The molecule has 1 aromatic carbocycles. The van der Waals surface area contributed by atoms with E-state index in [1.807, 2.05) is 18.2 Å². The molecule has 3 rings (SSSR count). The van der Waals surface area contributed by atoms with Crippen molar-refractivity contribution in [3.05, 3.63) is 34.3 Å². The van der Waals surface area contributed by atoms with Gasteiger partial charge < -0.3 is 15.3 Å². The second-order valence-electron chi connectivity index (χ2n) is 7.31. The van der Waals surface area contributed by atoms with E-state index in [1.165, 1.54) is 5.56 Å². The third-order valence-electron chi connectivity index (χ3n) is 5.61. The van der Waals surface area contributed by atoms with Crippen LogP contribution in [-0.2, 0) is 10.2 Å². The number of carboxylic acid groups (broad SMARTS) is 1. The molecule has 1 atom stereocenters. The number of likely N-dealkylation sites (tertiary alicyclic amines) is 1. The van der Waals surface area contributed by atoms with Gasteiger partial charge in [-0.2, -0.15) is 0 Å². The van der Waals surface area contributed by atoms with Crippen LogP contribution in [0.5, 0.6) is 0 Å². The van der Waals surface area contributed by atoms with Crippen LogP contribution >= 0.6 is 15.9 Å². The number of nitrogens with zero attached hydrogens (tertiary/aromatic N) is 1. The third kappa shape index (κ3) is 3.04. The van der Waals surface area contributed by atoms with Crippen molar-refractivity contribution < 1.29 is 14.7 Å². The SMILES string of the molecule is CC1(C(=O)O)CCN(C(=O)NCC2(c3ccccc3Br)CCC2)C1. The van der Waals surface area contributed by atoms with Crippen LogP contribution in [-0.4, -0.2) is 41.6 Å². The summed E-state index contributed by atoms with van der Waals surface area (Å²) in [6.07, 6.45) is 3.79. The number of carboxylic acids is 1. The normalized spacial score (nSPS) is 25.2. The van der Waals surface area contributed by atoms with E-state index in [-0.39, 0.29) is 18.0 Å². The predicted octanol–water partition coefficient (Wildman–Crippen LogP) is 3.38. The monoisotopic (exact) mass is 394 g/mol. The molecule has 0 aromatic heterocycles. The van der Waals surface area contributed by atoms with Gasteiger partial charge in [-0.3, -0.25) is 4.79 Å². The number of urea groups is 1. The number of halogens is 1. The highest BCUT2D eigenvalue weighted by Gasteiger charge is 2.44. The van der Waals surface area contributed by atoms with E-state index in [9.17, 15) is 14.7 Å². The molecular weight excluding hydrogens is 372 g/mol. The molecule has 2 aliphatic rings. The number of hydrogen-bond donors (Lipinski definition) is 2. The van der Waals surface area contributed by atoms with E-state index in [0.29, 0.717) is 19.5 Å². The number of amides is 2. The van der Waals surface area contributed by atoms with E-state index in [2.05, 4.69) is 27.3 Å². The largest absolute Gasteiger partial charge is 0.481 e. The fraction of sp³-hybridized carbons (Fsp3) is 0.556. The number of hydrogen-bond acceptors (Lipinski definition) is 2. The van der Waals surface area contributed by atoms with Crippen LogP contribution in [0.2, 0.25) is 0 Å². The van der Waals surface area contributed by atoms with Gasteiger partial charge in [-0.25, -0.2) is 4.79 Å². The number of aliphatic carboxylic acids is 1. The summed E-state index contributed by atoms with van der Waals surface area (Å²) in [5, 5.41) is 12.3. The van der Waals surface area contributed by atoms with Gasteiger partial charge in [-0.15, -0.1) is 0 Å². The van der Waals surface area contributed by atoms with Crippen LogP contribution in [0.25, 0.3) is 0 Å². The van der Waals surface area contributed by atoms with Gasteiger partial charge >= 0.3 is 12.0 Å².